The quantitative estimate of drug-likeness (QED) is 0.547. The molecule has 0 saturated heterocycles. The molecule has 26 heavy (non-hydrogen) atoms. The van der Waals surface area contributed by atoms with Gasteiger partial charge in [-0.15, -0.1) is 0 Å². The molecule has 1 aliphatic heterocycles. The van der Waals surface area contributed by atoms with Crippen molar-refractivity contribution in [1.82, 2.24) is 10.6 Å². The number of thiocarbonyl (C=S) groups is 1. The summed E-state index contributed by atoms with van der Waals surface area (Å²) in [6.07, 6.45) is 0. The minimum absolute atomic E-state index is 0.126. The molecule has 7 heteroatoms. The predicted octanol–water partition coefficient (Wildman–Crippen LogP) is 3.73. The lowest BCUT2D eigenvalue weighted by atomic mass is 9.89. The fourth-order valence-electron chi connectivity index (χ4n) is 2.91. The van der Waals surface area contributed by atoms with Crippen LogP contribution >= 0.6 is 23.8 Å². The van der Waals surface area contributed by atoms with E-state index >= 15 is 0 Å². The Morgan fingerprint density at radius 3 is 2.62 bits per heavy atom. The van der Waals surface area contributed by atoms with E-state index in [4.69, 9.17) is 28.6 Å². The van der Waals surface area contributed by atoms with Gasteiger partial charge in [0.05, 0.1) is 18.2 Å². The van der Waals surface area contributed by atoms with Crippen LogP contribution in [0.15, 0.2) is 53.7 Å². The number of aromatic hydroxyl groups is 1. The van der Waals surface area contributed by atoms with E-state index in [0.717, 1.165) is 0 Å². The fourth-order valence-corrected chi connectivity index (χ4v) is 3.40. The zero-order chi connectivity index (χ0) is 18.8. The van der Waals surface area contributed by atoms with E-state index in [-0.39, 0.29) is 22.3 Å². The third-order valence-electron chi connectivity index (χ3n) is 4.15. The average molecular weight is 389 g/mol. The number of carbonyl (C=O) groups excluding carboxylic acids is 1. The number of allylic oxidation sites excluding steroid dienone is 1. The zero-order valence-corrected chi connectivity index (χ0v) is 15.7. The molecule has 1 atom stereocenters. The van der Waals surface area contributed by atoms with Gasteiger partial charge in [-0.3, -0.25) is 4.79 Å². The molecule has 2 aromatic carbocycles. The van der Waals surface area contributed by atoms with Crippen molar-refractivity contribution in [3.05, 3.63) is 69.9 Å². The van der Waals surface area contributed by atoms with E-state index in [1.807, 2.05) is 18.2 Å². The summed E-state index contributed by atoms with van der Waals surface area (Å²) in [6, 6.07) is 11.7. The number of Topliss-reactive ketones (excluding diaryl/α,β-unsaturated/α-hetero) is 1. The minimum atomic E-state index is -0.525. The first kappa shape index (κ1) is 18.2. The van der Waals surface area contributed by atoms with Gasteiger partial charge in [-0.05, 0) is 36.8 Å². The number of halogens is 1. The molecular formula is C19H17ClN2O3S. The summed E-state index contributed by atoms with van der Waals surface area (Å²) in [5.74, 6) is -0.0484. The van der Waals surface area contributed by atoms with E-state index < -0.39 is 6.04 Å². The first-order chi connectivity index (χ1) is 12.4. The number of ether oxygens (including phenoxy) is 1. The van der Waals surface area contributed by atoms with E-state index in [2.05, 4.69) is 10.6 Å². The van der Waals surface area contributed by atoms with Gasteiger partial charge in [0.1, 0.15) is 0 Å². The number of ketones is 1. The van der Waals surface area contributed by atoms with E-state index in [9.17, 15) is 9.90 Å². The number of nitrogens with one attached hydrogen (secondary N) is 2. The van der Waals surface area contributed by atoms with Crippen LogP contribution in [0.3, 0.4) is 0 Å². The highest BCUT2D eigenvalue weighted by atomic mass is 35.5. The average Bonchev–Trinajstić information content (AvgIpc) is 2.63. The lowest BCUT2D eigenvalue weighted by Crippen LogP contribution is -2.44. The summed E-state index contributed by atoms with van der Waals surface area (Å²) in [5, 5.41) is 16.6. The molecule has 0 amide bonds. The summed E-state index contributed by atoms with van der Waals surface area (Å²) < 4.78 is 5.18. The summed E-state index contributed by atoms with van der Waals surface area (Å²) in [7, 11) is 1.44. The summed E-state index contributed by atoms with van der Waals surface area (Å²) >= 11 is 11.4. The van der Waals surface area contributed by atoms with Crippen LogP contribution in [-0.4, -0.2) is 23.1 Å². The summed E-state index contributed by atoms with van der Waals surface area (Å²) in [4.78, 5) is 13.1. The van der Waals surface area contributed by atoms with Gasteiger partial charge in [-0.1, -0.05) is 41.9 Å². The van der Waals surface area contributed by atoms with Gasteiger partial charge in [-0.25, -0.2) is 0 Å². The maximum Gasteiger partial charge on any atom is 0.193 e. The number of methoxy groups -OCH3 is 1. The first-order valence-electron chi connectivity index (χ1n) is 7.86. The highest BCUT2D eigenvalue weighted by Gasteiger charge is 2.31. The smallest absolute Gasteiger partial charge is 0.193 e. The third kappa shape index (κ3) is 3.38. The van der Waals surface area contributed by atoms with Crippen LogP contribution in [-0.2, 0) is 0 Å². The Hall–Kier alpha value is -2.57. The van der Waals surface area contributed by atoms with Gasteiger partial charge in [0.25, 0.3) is 0 Å². The zero-order valence-electron chi connectivity index (χ0n) is 14.2. The number of hydrogen-bond acceptors (Lipinski definition) is 4. The molecule has 0 bridgehead atoms. The Morgan fingerprint density at radius 1 is 1.27 bits per heavy atom. The summed E-state index contributed by atoms with van der Waals surface area (Å²) in [6.45, 7) is 1.80. The highest BCUT2D eigenvalue weighted by Crippen LogP contribution is 2.39. The van der Waals surface area contributed by atoms with Gasteiger partial charge in [0.2, 0.25) is 0 Å². The second-order valence-electron chi connectivity index (χ2n) is 5.82. The molecule has 2 aromatic rings. The molecule has 0 radical (unpaired) electrons. The van der Waals surface area contributed by atoms with Crippen molar-refractivity contribution in [2.45, 2.75) is 13.0 Å². The first-order valence-corrected chi connectivity index (χ1v) is 8.65. The maximum atomic E-state index is 13.1. The SMILES string of the molecule is COc1cc(C2NC(=S)NC(C)=C2C(=O)c2ccccc2)cc(Cl)c1O. The van der Waals surface area contributed by atoms with E-state index in [0.29, 0.717) is 27.5 Å². The summed E-state index contributed by atoms with van der Waals surface area (Å²) in [5.41, 5.74) is 2.41. The lowest BCUT2D eigenvalue weighted by Gasteiger charge is -2.30. The Morgan fingerprint density at radius 2 is 1.96 bits per heavy atom. The van der Waals surface area contributed by atoms with Crippen molar-refractivity contribution in [3.8, 4) is 11.5 Å². The van der Waals surface area contributed by atoms with Crippen molar-refractivity contribution in [2.75, 3.05) is 7.11 Å². The second-order valence-corrected chi connectivity index (χ2v) is 6.63. The Balaban J connectivity index is 2.12. The van der Waals surface area contributed by atoms with Gasteiger partial charge in [0, 0.05) is 16.8 Å². The maximum absolute atomic E-state index is 13.1. The molecule has 1 unspecified atom stereocenters. The van der Waals surface area contributed by atoms with Gasteiger partial charge in [-0.2, -0.15) is 0 Å². The lowest BCUT2D eigenvalue weighted by molar-refractivity contribution is 0.102. The van der Waals surface area contributed by atoms with Gasteiger partial charge < -0.3 is 20.5 Å². The normalized spacial score (nSPS) is 16.7. The Kier molecular flexibility index (Phi) is 5.15. The van der Waals surface area contributed by atoms with Crippen molar-refractivity contribution < 1.29 is 14.6 Å². The van der Waals surface area contributed by atoms with E-state index in [1.54, 1.807) is 31.2 Å². The predicted molar refractivity (Wildman–Crippen MR) is 105 cm³/mol. The molecule has 1 heterocycles. The third-order valence-corrected chi connectivity index (χ3v) is 4.66. The molecule has 0 aromatic heterocycles. The van der Waals surface area contributed by atoms with Crippen LogP contribution in [0.5, 0.6) is 11.5 Å². The van der Waals surface area contributed by atoms with Crippen LogP contribution in [0.25, 0.3) is 0 Å². The largest absolute Gasteiger partial charge is 0.503 e. The molecule has 5 nitrogen and oxygen atoms in total. The number of hydrogen-bond donors (Lipinski definition) is 3. The van der Waals surface area contributed by atoms with Gasteiger partial charge >= 0.3 is 0 Å². The Labute approximate surface area is 161 Å². The Bertz CT molecular complexity index is 913. The van der Waals surface area contributed by atoms with Crippen molar-refractivity contribution in [1.29, 1.82) is 0 Å². The molecule has 0 aliphatic carbocycles. The van der Waals surface area contributed by atoms with Crippen molar-refractivity contribution in [2.24, 2.45) is 0 Å². The van der Waals surface area contributed by atoms with E-state index in [1.165, 1.54) is 7.11 Å². The molecule has 3 rings (SSSR count). The number of carbonyl (C=O) groups is 1. The monoisotopic (exact) mass is 388 g/mol. The fraction of sp³-hybridized carbons (Fsp3) is 0.158. The number of phenolic OH excluding ortho intramolecular Hbond substituents is 1. The standard InChI is InChI=1S/C19H17ClN2O3S/c1-10-15(17(23)11-6-4-3-5-7-11)16(22-19(26)21-10)12-8-13(20)18(24)14(9-12)25-2/h3-9,16,24H,1-2H3,(H2,21,22,26). The van der Waals surface area contributed by atoms with Crippen LogP contribution in [0.1, 0.15) is 28.9 Å². The molecule has 0 spiro atoms. The van der Waals surface area contributed by atoms with Crippen LogP contribution in [0.4, 0.5) is 0 Å². The van der Waals surface area contributed by atoms with Crippen molar-refractivity contribution >= 4 is 34.7 Å². The number of rotatable bonds is 4. The molecule has 134 valence electrons. The second kappa shape index (κ2) is 7.35. The molecule has 0 saturated carbocycles. The molecule has 3 N–H and O–H groups in total. The van der Waals surface area contributed by atoms with Crippen LogP contribution in [0.2, 0.25) is 5.02 Å². The van der Waals surface area contributed by atoms with Gasteiger partial charge in [0.15, 0.2) is 22.4 Å². The minimum Gasteiger partial charge on any atom is -0.503 e. The highest BCUT2D eigenvalue weighted by molar-refractivity contribution is 7.80. The van der Waals surface area contributed by atoms with Crippen LogP contribution in [0, 0.1) is 0 Å². The van der Waals surface area contributed by atoms with Crippen molar-refractivity contribution in [3.63, 3.8) is 0 Å². The molecular weight excluding hydrogens is 372 g/mol. The molecule has 0 fully saturated rings. The molecule has 1 aliphatic rings. The topological polar surface area (TPSA) is 70.6 Å². The van der Waals surface area contributed by atoms with Crippen LogP contribution < -0.4 is 15.4 Å². The number of phenols is 1. The number of benzene rings is 2.